The molecule has 2 aromatic heterocycles. The Kier molecular flexibility index (Phi) is 6.39. The van der Waals surface area contributed by atoms with E-state index in [2.05, 4.69) is 17.1 Å². The Morgan fingerprint density at radius 3 is 2.03 bits per heavy atom. The smallest absolute Gasteiger partial charge is 0.203 e. The topological polar surface area (TPSA) is 76.9 Å². The maximum Gasteiger partial charge on any atom is 0.203 e. The fourth-order valence-electron chi connectivity index (χ4n) is 4.08. The van der Waals surface area contributed by atoms with Crippen LogP contribution in [0.4, 0.5) is 0 Å². The summed E-state index contributed by atoms with van der Waals surface area (Å²) in [4.78, 5) is 9.20. The molecule has 2 heterocycles. The average molecular weight is 504 g/mol. The van der Waals surface area contributed by atoms with E-state index in [1.165, 1.54) is 0 Å². The molecule has 0 saturated heterocycles. The van der Waals surface area contributed by atoms with Crippen LogP contribution in [-0.4, -0.2) is 50.1 Å². The van der Waals surface area contributed by atoms with E-state index in [4.69, 9.17) is 28.7 Å². The summed E-state index contributed by atoms with van der Waals surface area (Å²) in [6, 6.07) is 15.8. The molecule has 184 valence electrons. The predicted molar refractivity (Wildman–Crippen MR) is 140 cm³/mol. The molecule has 36 heavy (non-hydrogen) atoms. The van der Waals surface area contributed by atoms with E-state index in [-0.39, 0.29) is 0 Å². The first-order valence-electron chi connectivity index (χ1n) is 11.1. The van der Waals surface area contributed by atoms with Gasteiger partial charge in [0.2, 0.25) is 5.75 Å². The van der Waals surface area contributed by atoms with Crippen LogP contribution in [0.15, 0.2) is 61.1 Å². The number of nitrogens with zero attached hydrogens (tertiary/aromatic N) is 3. The average Bonchev–Trinajstić information content (AvgIpc) is 3.59. The van der Waals surface area contributed by atoms with Crippen molar-refractivity contribution in [1.82, 2.24) is 14.5 Å². The van der Waals surface area contributed by atoms with Crippen LogP contribution in [0.2, 0.25) is 0 Å². The molecule has 0 amide bonds. The molecular formula is C27H25N3O5S. The molecule has 0 atom stereocenters. The Balaban J connectivity index is 1.51. The fourth-order valence-corrected chi connectivity index (χ4v) is 5.12. The Hall–Kier alpha value is -4.24. The van der Waals surface area contributed by atoms with Gasteiger partial charge in [0.05, 0.1) is 64.0 Å². The minimum atomic E-state index is 0.546. The molecule has 0 bridgehead atoms. The second kappa shape index (κ2) is 9.79. The molecule has 0 aliphatic carbocycles. The fraction of sp³-hybridized carbons (Fsp3) is 0.185. The summed E-state index contributed by atoms with van der Waals surface area (Å²) in [5.41, 5.74) is 4.59. The van der Waals surface area contributed by atoms with Gasteiger partial charge in [0.25, 0.3) is 0 Å². The second-order valence-corrected chi connectivity index (χ2v) is 8.81. The third kappa shape index (κ3) is 4.07. The van der Waals surface area contributed by atoms with Gasteiger partial charge in [-0.25, -0.2) is 9.97 Å². The minimum absolute atomic E-state index is 0.546. The maximum absolute atomic E-state index is 5.54. The molecule has 0 aliphatic heterocycles. The first-order valence-corrected chi connectivity index (χ1v) is 11.9. The largest absolute Gasteiger partial charge is 0.497 e. The zero-order valence-electron chi connectivity index (χ0n) is 20.6. The van der Waals surface area contributed by atoms with Crippen molar-refractivity contribution in [2.75, 3.05) is 35.5 Å². The Labute approximate surface area is 212 Å². The maximum atomic E-state index is 5.54. The SMILES string of the molecule is COc1cc(OC)c2sc(-c3ccc(-n4cncc4-c4cc(OC)c(OC)c(OC)c4)cc3)nc2c1. The van der Waals surface area contributed by atoms with Crippen molar-refractivity contribution in [3.63, 3.8) is 0 Å². The van der Waals surface area contributed by atoms with Gasteiger partial charge in [-0.05, 0) is 36.4 Å². The van der Waals surface area contributed by atoms with E-state index in [1.807, 2.05) is 47.2 Å². The highest BCUT2D eigenvalue weighted by molar-refractivity contribution is 7.22. The van der Waals surface area contributed by atoms with Gasteiger partial charge in [0, 0.05) is 28.9 Å². The molecule has 0 spiro atoms. The molecule has 0 saturated carbocycles. The lowest BCUT2D eigenvalue weighted by Gasteiger charge is -2.15. The molecule has 0 aliphatic rings. The monoisotopic (exact) mass is 503 g/mol. The molecule has 0 unspecified atom stereocenters. The summed E-state index contributed by atoms with van der Waals surface area (Å²) < 4.78 is 30.4. The molecule has 5 rings (SSSR count). The first kappa shape index (κ1) is 23.5. The highest BCUT2D eigenvalue weighted by Gasteiger charge is 2.17. The van der Waals surface area contributed by atoms with Crippen molar-refractivity contribution >= 4 is 21.6 Å². The number of ether oxygens (including phenoxy) is 5. The van der Waals surface area contributed by atoms with Gasteiger partial charge in [-0.2, -0.15) is 0 Å². The van der Waals surface area contributed by atoms with Crippen LogP contribution >= 0.6 is 11.3 Å². The molecule has 8 nitrogen and oxygen atoms in total. The minimum Gasteiger partial charge on any atom is -0.497 e. The molecule has 3 aromatic carbocycles. The number of hydrogen-bond acceptors (Lipinski definition) is 8. The molecule has 0 fully saturated rings. The van der Waals surface area contributed by atoms with E-state index >= 15 is 0 Å². The van der Waals surface area contributed by atoms with Crippen LogP contribution in [-0.2, 0) is 0 Å². The number of aromatic nitrogens is 3. The summed E-state index contributed by atoms with van der Waals surface area (Å²) in [5, 5.41) is 0.901. The summed E-state index contributed by atoms with van der Waals surface area (Å²) >= 11 is 1.59. The number of benzene rings is 3. The van der Waals surface area contributed by atoms with Crippen molar-refractivity contribution in [3.05, 3.63) is 61.1 Å². The Bertz CT molecular complexity index is 1500. The summed E-state index contributed by atoms with van der Waals surface area (Å²) in [6.07, 6.45) is 3.59. The van der Waals surface area contributed by atoms with Crippen LogP contribution in [0, 0.1) is 0 Å². The van der Waals surface area contributed by atoms with Gasteiger partial charge in [-0.15, -0.1) is 11.3 Å². The van der Waals surface area contributed by atoms with E-state index in [9.17, 15) is 0 Å². The summed E-state index contributed by atoms with van der Waals surface area (Å²) in [5.74, 6) is 3.17. The number of thiazole rings is 1. The molecule has 9 heteroatoms. The van der Waals surface area contributed by atoms with Crippen molar-refractivity contribution in [3.8, 4) is 56.3 Å². The number of fused-ring (bicyclic) bond motifs is 1. The summed E-state index contributed by atoms with van der Waals surface area (Å²) in [7, 11) is 8.08. The second-order valence-electron chi connectivity index (χ2n) is 7.81. The third-order valence-electron chi connectivity index (χ3n) is 5.88. The normalized spacial score (nSPS) is 10.9. The lowest BCUT2D eigenvalue weighted by atomic mass is 10.1. The Morgan fingerprint density at radius 1 is 0.722 bits per heavy atom. The van der Waals surface area contributed by atoms with Crippen LogP contribution in [0.1, 0.15) is 0 Å². The van der Waals surface area contributed by atoms with Gasteiger partial charge in [-0.3, -0.25) is 4.57 Å². The Morgan fingerprint density at radius 2 is 1.42 bits per heavy atom. The number of hydrogen-bond donors (Lipinski definition) is 0. The van der Waals surface area contributed by atoms with Gasteiger partial charge in [0.1, 0.15) is 16.5 Å². The van der Waals surface area contributed by atoms with Gasteiger partial charge < -0.3 is 23.7 Å². The molecule has 0 N–H and O–H groups in total. The number of methoxy groups -OCH3 is 5. The molecular weight excluding hydrogens is 478 g/mol. The number of imidazole rings is 1. The van der Waals surface area contributed by atoms with Crippen LogP contribution in [0.5, 0.6) is 28.7 Å². The third-order valence-corrected chi connectivity index (χ3v) is 7.01. The van der Waals surface area contributed by atoms with Crippen LogP contribution < -0.4 is 23.7 Å². The van der Waals surface area contributed by atoms with Gasteiger partial charge in [-0.1, -0.05) is 0 Å². The predicted octanol–water partition coefficient (Wildman–Crippen LogP) is 5.86. The van der Waals surface area contributed by atoms with E-state index in [1.54, 1.807) is 53.2 Å². The van der Waals surface area contributed by atoms with E-state index in [0.29, 0.717) is 23.0 Å². The zero-order valence-corrected chi connectivity index (χ0v) is 21.4. The number of rotatable bonds is 8. The lowest BCUT2D eigenvalue weighted by Crippen LogP contribution is -1.98. The summed E-state index contributed by atoms with van der Waals surface area (Å²) in [6.45, 7) is 0. The van der Waals surface area contributed by atoms with Gasteiger partial charge >= 0.3 is 0 Å². The van der Waals surface area contributed by atoms with Crippen LogP contribution in [0.3, 0.4) is 0 Å². The highest BCUT2D eigenvalue weighted by atomic mass is 32.1. The van der Waals surface area contributed by atoms with Crippen molar-refractivity contribution in [2.45, 2.75) is 0 Å². The lowest BCUT2D eigenvalue weighted by molar-refractivity contribution is 0.324. The van der Waals surface area contributed by atoms with E-state index < -0.39 is 0 Å². The molecule has 5 aromatic rings. The van der Waals surface area contributed by atoms with E-state index in [0.717, 1.165) is 43.5 Å². The standard InChI is InChI=1S/C27H25N3O5S/c1-31-19-12-20-26(24(13-19)34-4)36-27(29-20)16-6-8-18(9-7-16)30-15-28-14-21(30)17-10-22(32-2)25(35-5)23(11-17)33-3/h6-15H,1-5H3. The highest BCUT2D eigenvalue weighted by Crippen LogP contribution is 2.42. The van der Waals surface area contributed by atoms with Crippen molar-refractivity contribution < 1.29 is 23.7 Å². The zero-order chi connectivity index (χ0) is 25.2. The van der Waals surface area contributed by atoms with Gasteiger partial charge in [0.15, 0.2) is 11.5 Å². The van der Waals surface area contributed by atoms with Crippen molar-refractivity contribution in [2.24, 2.45) is 0 Å². The molecule has 0 radical (unpaired) electrons. The quantitative estimate of drug-likeness (QED) is 0.263. The first-order chi connectivity index (χ1) is 17.6. The van der Waals surface area contributed by atoms with Crippen LogP contribution in [0.25, 0.3) is 37.7 Å². The van der Waals surface area contributed by atoms with Crippen molar-refractivity contribution in [1.29, 1.82) is 0 Å².